The summed E-state index contributed by atoms with van der Waals surface area (Å²) in [6, 6.07) is 5.35. The number of para-hydroxylation sites is 1. The van der Waals surface area contributed by atoms with Crippen molar-refractivity contribution in [1.82, 2.24) is 5.16 Å². The zero-order chi connectivity index (χ0) is 9.97. The number of fused-ring (bicyclic) bond motifs is 1. The molecule has 0 aliphatic rings. The highest BCUT2D eigenvalue weighted by Crippen LogP contribution is 2.22. The van der Waals surface area contributed by atoms with E-state index in [4.69, 9.17) is 4.52 Å². The van der Waals surface area contributed by atoms with Gasteiger partial charge >= 0.3 is 6.09 Å². The SMILES string of the molecule is COC(=O)Nc1cccc2cnoc12. The summed E-state index contributed by atoms with van der Waals surface area (Å²) in [5.74, 6) is 0. The number of hydrogen-bond donors (Lipinski definition) is 1. The van der Waals surface area contributed by atoms with Crippen LogP contribution in [0.5, 0.6) is 0 Å². The largest absolute Gasteiger partial charge is 0.453 e. The Kier molecular flexibility index (Phi) is 2.06. The molecule has 0 bridgehead atoms. The lowest BCUT2D eigenvalue weighted by Crippen LogP contribution is -2.10. The number of ether oxygens (including phenoxy) is 1. The predicted octanol–water partition coefficient (Wildman–Crippen LogP) is 2.01. The molecule has 1 aromatic heterocycles. The lowest BCUT2D eigenvalue weighted by Gasteiger charge is -2.02. The average Bonchev–Trinajstić information content (AvgIpc) is 2.66. The molecule has 0 saturated carbocycles. The Labute approximate surface area is 79.6 Å². The molecule has 0 aliphatic heterocycles. The van der Waals surface area contributed by atoms with Crippen molar-refractivity contribution in [2.75, 3.05) is 12.4 Å². The first-order valence-corrected chi connectivity index (χ1v) is 3.99. The van der Waals surface area contributed by atoms with Gasteiger partial charge in [-0.15, -0.1) is 0 Å². The number of carbonyl (C=O) groups is 1. The van der Waals surface area contributed by atoms with E-state index in [1.54, 1.807) is 18.3 Å². The standard InChI is InChI=1S/C9H8N2O3/c1-13-9(12)11-7-4-2-3-6-5-10-14-8(6)7/h2-5H,1H3,(H,11,12). The van der Waals surface area contributed by atoms with E-state index in [1.807, 2.05) is 6.07 Å². The van der Waals surface area contributed by atoms with Crippen molar-refractivity contribution in [1.29, 1.82) is 0 Å². The van der Waals surface area contributed by atoms with Gasteiger partial charge in [0.15, 0.2) is 5.58 Å². The maximum absolute atomic E-state index is 11.0. The summed E-state index contributed by atoms with van der Waals surface area (Å²) in [5, 5.41) is 6.99. The summed E-state index contributed by atoms with van der Waals surface area (Å²) in [6.45, 7) is 0. The van der Waals surface area contributed by atoms with E-state index in [0.717, 1.165) is 5.39 Å². The van der Waals surface area contributed by atoms with Gasteiger partial charge in [0, 0.05) is 5.39 Å². The van der Waals surface area contributed by atoms with Gasteiger partial charge in [0.25, 0.3) is 0 Å². The van der Waals surface area contributed by atoms with Crippen molar-refractivity contribution < 1.29 is 14.1 Å². The molecule has 1 heterocycles. The van der Waals surface area contributed by atoms with Crippen LogP contribution in [0.15, 0.2) is 28.9 Å². The normalized spacial score (nSPS) is 10.1. The molecule has 0 fully saturated rings. The first kappa shape index (κ1) is 8.55. The molecule has 1 amide bonds. The van der Waals surface area contributed by atoms with Crippen LogP contribution in [0.1, 0.15) is 0 Å². The smallest absolute Gasteiger partial charge is 0.411 e. The highest BCUT2D eigenvalue weighted by atomic mass is 16.5. The second-order valence-corrected chi connectivity index (χ2v) is 2.67. The third-order valence-electron chi connectivity index (χ3n) is 1.80. The van der Waals surface area contributed by atoms with E-state index in [2.05, 4.69) is 15.2 Å². The fourth-order valence-electron chi connectivity index (χ4n) is 1.15. The van der Waals surface area contributed by atoms with Gasteiger partial charge in [0.05, 0.1) is 19.0 Å². The van der Waals surface area contributed by atoms with Gasteiger partial charge in [-0.3, -0.25) is 5.32 Å². The highest BCUT2D eigenvalue weighted by molar-refractivity contribution is 5.96. The maximum atomic E-state index is 11.0. The lowest BCUT2D eigenvalue weighted by atomic mass is 10.2. The van der Waals surface area contributed by atoms with Gasteiger partial charge < -0.3 is 9.26 Å². The molecule has 1 aromatic carbocycles. The zero-order valence-electron chi connectivity index (χ0n) is 7.48. The molecule has 0 radical (unpaired) electrons. The van der Waals surface area contributed by atoms with Crippen LogP contribution in [-0.2, 0) is 4.74 Å². The minimum atomic E-state index is -0.533. The average molecular weight is 192 g/mol. The van der Waals surface area contributed by atoms with Gasteiger partial charge in [0.2, 0.25) is 0 Å². The van der Waals surface area contributed by atoms with Crippen LogP contribution in [0.3, 0.4) is 0 Å². The molecule has 0 aliphatic carbocycles. The Hall–Kier alpha value is -2.04. The number of nitrogens with zero attached hydrogens (tertiary/aromatic N) is 1. The number of carbonyl (C=O) groups excluding carboxylic acids is 1. The quantitative estimate of drug-likeness (QED) is 0.750. The molecule has 72 valence electrons. The van der Waals surface area contributed by atoms with E-state index in [1.165, 1.54) is 7.11 Å². The van der Waals surface area contributed by atoms with Crippen molar-refractivity contribution >= 4 is 22.7 Å². The zero-order valence-corrected chi connectivity index (χ0v) is 7.48. The van der Waals surface area contributed by atoms with Gasteiger partial charge in [-0.1, -0.05) is 11.2 Å². The molecule has 0 atom stereocenters. The second kappa shape index (κ2) is 3.37. The molecular formula is C9H8N2O3. The van der Waals surface area contributed by atoms with Crippen molar-refractivity contribution in [3.63, 3.8) is 0 Å². The molecule has 1 N–H and O–H groups in total. The first-order chi connectivity index (χ1) is 6.81. The monoisotopic (exact) mass is 192 g/mol. The van der Waals surface area contributed by atoms with Gasteiger partial charge in [0.1, 0.15) is 0 Å². The highest BCUT2D eigenvalue weighted by Gasteiger charge is 2.07. The summed E-state index contributed by atoms with van der Waals surface area (Å²) in [6.07, 6.45) is 1.05. The Morgan fingerprint density at radius 2 is 2.43 bits per heavy atom. The van der Waals surface area contributed by atoms with Crippen LogP contribution in [0.4, 0.5) is 10.5 Å². The number of amides is 1. The van der Waals surface area contributed by atoms with Crippen LogP contribution in [0, 0.1) is 0 Å². The molecule has 0 unspecified atom stereocenters. The molecular weight excluding hydrogens is 184 g/mol. The van der Waals surface area contributed by atoms with E-state index in [0.29, 0.717) is 11.3 Å². The Morgan fingerprint density at radius 3 is 3.21 bits per heavy atom. The lowest BCUT2D eigenvalue weighted by molar-refractivity contribution is 0.187. The van der Waals surface area contributed by atoms with E-state index in [-0.39, 0.29) is 0 Å². The van der Waals surface area contributed by atoms with E-state index >= 15 is 0 Å². The second-order valence-electron chi connectivity index (χ2n) is 2.67. The number of anilines is 1. The molecule has 5 heteroatoms. The number of aromatic nitrogens is 1. The van der Waals surface area contributed by atoms with Gasteiger partial charge in [-0.2, -0.15) is 0 Å². The summed E-state index contributed by atoms with van der Waals surface area (Å²) >= 11 is 0. The molecule has 2 rings (SSSR count). The number of rotatable bonds is 1. The van der Waals surface area contributed by atoms with Crippen molar-refractivity contribution in [2.45, 2.75) is 0 Å². The molecule has 2 aromatic rings. The molecule has 14 heavy (non-hydrogen) atoms. The predicted molar refractivity (Wildman–Crippen MR) is 50.0 cm³/mol. The fraction of sp³-hybridized carbons (Fsp3) is 0.111. The number of nitrogens with one attached hydrogen (secondary N) is 1. The van der Waals surface area contributed by atoms with Crippen molar-refractivity contribution in [2.24, 2.45) is 0 Å². The first-order valence-electron chi connectivity index (χ1n) is 3.99. The minimum absolute atomic E-state index is 0.533. The minimum Gasteiger partial charge on any atom is -0.453 e. The van der Waals surface area contributed by atoms with Gasteiger partial charge in [-0.25, -0.2) is 4.79 Å². The summed E-state index contributed by atoms with van der Waals surface area (Å²) in [5.41, 5.74) is 1.09. The molecule has 5 nitrogen and oxygen atoms in total. The van der Waals surface area contributed by atoms with Crippen LogP contribution >= 0.6 is 0 Å². The molecule has 0 saturated heterocycles. The van der Waals surface area contributed by atoms with E-state index in [9.17, 15) is 4.79 Å². The van der Waals surface area contributed by atoms with Crippen molar-refractivity contribution in [3.05, 3.63) is 24.4 Å². The van der Waals surface area contributed by atoms with Crippen LogP contribution in [0.2, 0.25) is 0 Å². The van der Waals surface area contributed by atoms with Gasteiger partial charge in [-0.05, 0) is 12.1 Å². The maximum Gasteiger partial charge on any atom is 0.411 e. The Balaban J connectivity index is 2.41. The summed E-state index contributed by atoms with van der Waals surface area (Å²) < 4.78 is 9.44. The molecule has 0 spiro atoms. The van der Waals surface area contributed by atoms with E-state index < -0.39 is 6.09 Å². The van der Waals surface area contributed by atoms with Crippen LogP contribution in [-0.4, -0.2) is 18.4 Å². The van der Waals surface area contributed by atoms with Crippen molar-refractivity contribution in [3.8, 4) is 0 Å². The topological polar surface area (TPSA) is 64.4 Å². The number of hydrogen-bond acceptors (Lipinski definition) is 4. The van der Waals surface area contributed by atoms with Crippen LogP contribution in [0.25, 0.3) is 11.0 Å². The number of methoxy groups -OCH3 is 1. The Bertz CT molecular complexity index is 464. The summed E-state index contributed by atoms with van der Waals surface area (Å²) in [4.78, 5) is 11.0. The Morgan fingerprint density at radius 1 is 1.57 bits per heavy atom. The van der Waals surface area contributed by atoms with Crippen LogP contribution < -0.4 is 5.32 Å². The third kappa shape index (κ3) is 1.39. The summed E-state index contributed by atoms with van der Waals surface area (Å²) in [7, 11) is 1.30. The fourth-order valence-corrected chi connectivity index (χ4v) is 1.15. The number of benzene rings is 1. The third-order valence-corrected chi connectivity index (χ3v) is 1.80.